The van der Waals surface area contributed by atoms with Crippen molar-refractivity contribution in [2.24, 2.45) is 5.92 Å². The number of aromatic nitrogens is 1. The monoisotopic (exact) mass is 564 g/mol. The third-order valence-corrected chi connectivity index (χ3v) is 7.61. The number of rotatable bonds is 14. The molecule has 0 unspecified atom stereocenters. The molecule has 2 atom stereocenters. The van der Waals surface area contributed by atoms with Crippen LogP contribution < -0.4 is 10.6 Å². The zero-order valence-electron chi connectivity index (χ0n) is 24.5. The standard InChI is InChI=1S/C32H44N4O5/c1-23(2)21-29(35-32(40)41-28-12-9-26(10-13-28)25-7-5-4-6-8-25)31(39)34-27(22-37)11-14-30(38)36(3)20-17-24-15-18-33-19-16-24/h4-8,15-16,18-19,22-23,26-29H,9-14,17,20-21H2,1-3H3,(H,34,39)(H,35,40)/t26?,27-,28?,29-/m0/s1. The molecule has 1 aromatic carbocycles. The Balaban J connectivity index is 1.44. The van der Waals surface area contributed by atoms with Gasteiger partial charge in [-0.2, -0.15) is 0 Å². The number of ether oxygens (including phenoxy) is 1. The van der Waals surface area contributed by atoms with E-state index >= 15 is 0 Å². The quantitative estimate of drug-likeness (QED) is 0.328. The van der Waals surface area contributed by atoms with Gasteiger partial charge >= 0.3 is 6.09 Å². The molecule has 0 saturated heterocycles. The van der Waals surface area contributed by atoms with E-state index in [0.29, 0.717) is 31.6 Å². The molecule has 41 heavy (non-hydrogen) atoms. The maximum atomic E-state index is 13.1. The van der Waals surface area contributed by atoms with Gasteiger partial charge in [-0.1, -0.05) is 44.2 Å². The van der Waals surface area contributed by atoms with Crippen molar-refractivity contribution in [3.63, 3.8) is 0 Å². The summed E-state index contributed by atoms with van der Waals surface area (Å²) in [5.41, 5.74) is 2.40. The highest BCUT2D eigenvalue weighted by Crippen LogP contribution is 2.33. The first-order valence-corrected chi connectivity index (χ1v) is 14.7. The van der Waals surface area contributed by atoms with Crippen molar-refractivity contribution in [1.29, 1.82) is 0 Å². The highest BCUT2D eigenvalue weighted by atomic mass is 16.6. The average molecular weight is 565 g/mol. The second kappa shape index (κ2) is 16.5. The summed E-state index contributed by atoms with van der Waals surface area (Å²) in [4.78, 5) is 55.8. The van der Waals surface area contributed by atoms with Crippen LogP contribution in [0.5, 0.6) is 0 Å². The van der Waals surface area contributed by atoms with Crippen LogP contribution in [-0.4, -0.2) is 65.9 Å². The summed E-state index contributed by atoms with van der Waals surface area (Å²) < 4.78 is 5.68. The zero-order valence-corrected chi connectivity index (χ0v) is 24.5. The molecular weight excluding hydrogens is 520 g/mol. The Morgan fingerprint density at radius 3 is 2.34 bits per heavy atom. The van der Waals surface area contributed by atoms with E-state index in [1.165, 1.54) is 5.56 Å². The van der Waals surface area contributed by atoms with E-state index in [1.54, 1.807) is 24.3 Å². The fraction of sp³-hybridized carbons (Fsp3) is 0.531. The van der Waals surface area contributed by atoms with E-state index in [2.05, 4.69) is 27.8 Å². The van der Waals surface area contributed by atoms with Gasteiger partial charge in [0.25, 0.3) is 0 Å². The van der Waals surface area contributed by atoms with Crippen molar-refractivity contribution in [2.45, 2.75) is 89.3 Å². The molecule has 2 N–H and O–H groups in total. The van der Waals surface area contributed by atoms with E-state index in [4.69, 9.17) is 4.74 Å². The zero-order chi connectivity index (χ0) is 29.6. The lowest BCUT2D eigenvalue weighted by Gasteiger charge is -2.29. The number of hydrogen-bond acceptors (Lipinski definition) is 6. The summed E-state index contributed by atoms with van der Waals surface area (Å²) in [6.45, 7) is 4.45. The Morgan fingerprint density at radius 1 is 1.02 bits per heavy atom. The summed E-state index contributed by atoms with van der Waals surface area (Å²) >= 11 is 0. The third-order valence-electron chi connectivity index (χ3n) is 7.61. The number of hydrogen-bond donors (Lipinski definition) is 2. The lowest BCUT2D eigenvalue weighted by atomic mass is 9.83. The Labute approximate surface area is 243 Å². The molecule has 1 saturated carbocycles. The lowest BCUT2D eigenvalue weighted by Crippen LogP contribution is -2.51. The van der Waals surface area contributed by atoms with Crippen molar-refractivity contribution < 1.29 is 23.9 Å². The van der Waals surface area contributed by atoms with Crippen molar-refractivity contribution in [3.8, 4) is 0 Å². The number of aldehydes is 1. The number of likely N-dealkylation sites (N-methyl/N-ethyl adjacent to an activating group) is 1. The molecule has 3 amide bonds. The van der Waals surface area contributed by atoms with Gasteiger partial charge in [-0.15, -0.1) is 0 Å². The molecule has 0 aliphatic heterocycles. The topological polar surface area (TPSA) is 118 Å². The molecule has 1 aliphatic carbocycles. The van der Waals surface area contributed by atoms with Crippen LogP contribution in [0.15, 0.2) is 54.9 Å². The maximum Gasteiger partial charge on any atom is 0.408 e. The summed E-state index contributed by atoms with van der Waals surface area (Å²) in [6.07, 6.45) is 8.06. The van der Waals surface area contributed by atoms with Gasteiger partial charge in [0.1, 0.15) is 18.4 Å². The molecular formula is C32H44N4O5. The molecule has 1 fully saturated rings. The van der Waals surface area contributed by atoms with E-state index in [-0.39, 0.29) is 30.8 Å². The minimum Gasteiger partial charge on any atom is -0.446 e. The Morgan fingerprint density at radius 2 is 1.71 bits per heavy atom. The molecule has 0 radical (unpaired) electrons. The van der Waals surface area contributed by atoms with Crippen molar-refractivity contribution >= 4 is 24.2 Å². The summed E-state index contributed by atoms with van der Waals surface area (Å²) in [5, 5.41) is 5.42. The van der Waals surface area contributed by atoms with Gasteiger partial charge in [-0.3, -0.25) is 14.6 Å². The van der Waals surface area contributed by atoms with Gasteiger partial charge in [-0.25, -0.2) is 4.79 Å². The number of pyridine rings is 1. The summed E-state index contributed by atoms with van der Waals surface area (Å²) in [5.74, 6) is 0.0196. The number of nitrogens with zero attached hydrogens (tertiary/aromatic N) is 2. The fourth-order valence-electron chi connectivity index (χ4n) is 5.17. The molecule has 1 aliphatic rings. The molecule has 222 valence electrons. The molecule has 3 rings (SSSR count). The van der Waals surface area contributed by atoms with Crippen LogP contribution in [0.25, 0.3) is 0 Å². The van der Waals surface area contributed by atoms with Crippen molar-refractivity contribution in [3.05, 3.63) is 66.0 Å². The van der Waals surface area contributed by atoms with E-state index in [9.17, 15) is 19.2 Å². The Hall–Kier alpha value is -3.75. The van der Waals surface area contributed by atoms with Crippen LogP contribution in [-0.2, 0) is 25.5 Å². The van der Waals surface area contributed by atoms with E-state index in [1.807, 2.05) is 44.2 Å². The van der Waals surface area contributed by atoms with Gasteiger partial charge in [-0.05, 0) is 80.0 Å². The smallest absolute Gasteiger partial charge is 0.408 e. The molecule has 1 heterocycles. The number of alkyl carbamates (subject to hydrolysis) is 1. The third kappa shape index (κ3) is 11.0. The van der Waals surface area contributed by atoms with Gasteiger partial charge in [0.05, 0.1) is 6.04 Å². The second-order valence-electron chi connectivity index (χ2n) is 11.3. The lowest BCUT2D eigenvalue weighted by molar-refractivity contribution is -0.131. The average Bonchev–Trinajstić information content (AvgIpc) is 2.98. The number of nitrogens with one attached hydrogen (secondary N) is 2. The first-order chi connectivity index (χ1) is 19.7. The fourth-order valence-corrected chi connectivity index (χ4v) is 5.17. The largest absolute Gasteiger partial charge is 0.446 e. The first-order valence-electron chi connectivity index (χ1n) is 14.7. The highest BCUT2D eigenvalue weighted by molar-refractivity contribution is 5.87. The van der Waals surface area contributed by atoms with Gasteiger partial charge in [0.15, 0.2) is 0 Å². The van der Waals surface area contributed by atoms with Crippen LogP contribution in [0.2, 0.25) is 0 Å². The van der Waals surface area contributed by atoms with E-state index in [0.717, 1.165) is 31.2 Å². The van der Waals surface area contributed by atoms with Crippen LogP contribution in [0.4, 0.5) is 4.79 Å². The van der Waals surface area contributed by atoms with Gasteiger partial charge in [0, 0.05) is 32.4 Å². The molecule has 9 nitrogen and oxygen atoms in total. The molecule has 9 heteroatoms. The number of carbonyl (C=O) groups is 4. The van der Waals surface area contributed by atoms with Gasteiger partial charge < -0.3 is 25.1 Å². The number of amides is 3. The Bertz CT molecular complexity index is 1100. The predicted molar refractivity (Wildman–Crippen MR) is 157 cm³/mol. The normalized spacial score (nSPS) is 18.1. The van der Waals surface area contributed by atoms with Crippen molar-refractivity contribution in [2.75, 3.05) is 13.6 Å². The molecule has 2 aromatic rings. The van der Waals surface area contributed by atoms with E-state index < -0.39 is 24.1 Å². The van der Waals surface area contributed by atoms with Crippen LogP contribution >= 0.6 is 0 Å². The Kier molecular flexibility index (Phi) is 12.8. The van der Waals surface area contributed by atoms with Crippen LogP contribution in [0, 0.1) is 5.92 Å². The summed E-state index contributed by atoms with van der Waals surface area (Å²) in [7, 11) is 1.72. The number of carbonyl (C=O) groups excluding carboxylic acids is 4. The second-order valence-corrected chi connectivity index (χ2v) is 11.3. The van der Waals surface area contributed by atoms with Crippen molar-refractivity contribution in [1.82, 2.24) is 20.5 Å². The SMILES string of the molecule is CC(C)C[C@H](NC(=O)OC1CCC(c2ccccc2)CC1)C(=O)N[C@H](C=O)CCC(=O)N(C)CCc1ccncc1. The minimum absolute atomic E-state index is 0.109. The summed E-state index contributed by atoms with van der Waals surface area (Å²) in [6, 6.07) is 12.5. The molecule has 0 bridgehead atoms. The highest BCUT2D eigenvalue weighted by Gasteiger charge is 2.28. The molecule has 0 spiro atoms. The minimum atomic E-state index is -0.843. The van der Waals surface area contributed by atoms with Crippen LogP contribution in [0.3, 0.4) is 0 Å². The number of benzene rings is 1. The first kappa shape index (κ1) is 31.8. The molecule has 1 aromatic heterocycles. The van der Waals surface area contributed by atoms with Gasteiger partial charge in [0.2, 0.25) is 11.8 Å². The predicted octanol–water partition coefficient (Wildman–Crippen LogP) is 4.41. The van der Waals surface area contributed by atoms with Crippen LogP contribution in [0.1, 0.15) is 75.8 Å². The maximum absolute atomic E-state index is 13.1.